The van der Waals surface area contributed by atoms with Crippen LogP contribution in [0.25, 0.3) is 0 Å². The second-order valence-corrected chi connectivity index (χ2v) is 9.02. The highest BCUT2D eigenvalue weighted by molar-refractivity contribution is 5.94. The van der Waals surface area contributed by atoms with Crippen LogP contribution >= 0.6 is 12.4 Å². The molecular weight excluding hydrogens is 406 g/mol. The van der Waals surface area contributed by atoms with E-state index in [0.717, 1.165) is 24.8 Å². The van der Waals surface area contributed by atoms with E-state index in [1.165, 1.54) is 26.4 Å². The summed E-state index contributed by atoms with van der Waals surface area (Å²) in [6, 6.07) is 6.20. The molecule has 0 heterocycles. The fraction of sp³-hybridized carbons (Fsp3) is 0.591. The van der Waals surface area contributed by atoms with Gasteiger partial charge in [-0.05, 0) is 61.8 Å². The van der Waals surface area contributed by atoms with Crippen LogP contribution in [0.3, 0.4) is 0 Å². The number of rotatable bonds is 6. The highest BCUT2D eigenvalue weighted by Crippen LogP contribution is 2.57. The summed E-state index contributed by atoms with van der Waals surface area (Å²) in [5, 5.41) is 10.2. The fourth-order valence-corrected chi connectivity index (χ4v) is 5.92. The first kappa shape index (κ1) is 22.4. The van der Waals surface area contributed by atoms with Crippen LogP contribution in [-0.2, 0) is 20.7 Å². The van der Waals surface area contributed by atoms with Crippen LogP contribution in [0, 0.1) is 23.2 Å². The van der Waals surface area contributed by atoms with Gasteiger partial charge >= 0.3 is 12.1 Å². The molecule has 4 fully saturated rings. The van der Waals surface area contributed by atoms with Crippen molar-refractivity contribution in [1.29, 1.82) is 5.41 Å². The van der Waals surface area contributed by atoms with Crippen molar-refractivity contribution in [1.82, 2.24) is 5.32 Å². The van der Waals surface area contributed by atoms with Gasteiger partial charge in [0.15, 0.2) is 0 Å². The van der Waals surface area contributed by atoms with Gasteiger partial charge in [0.1, 0.15) is 17.5 Å². The molecule has 1 amide bonds. The summed E-state index contributed by atoms with van der Waals surface area (Å²) in [6.45, 7) is 0. The normalized spacial score (nSPS) is 29.4. The lowest BCUT2D eigenvalue weighted by Gasteiger charge is -2.55. The number of ether oxygens (including phenoxy) is 2. The topological polar surface area (TPSA) is 115 Å². The molecule has 5 rings (SSSR count). The number of amides is 1. The highest BCUT2D eigenvalue weighted by Gasteiger charge is 2.53. The zero-order chi connectivity index (χ0) is 20.6. The van der Waals surface area contributed by atoms with Crippen LogP contribution in [0.1, 0.15) is 49.7 Å². The van der Waals surface area contributed by atoms with Gasteiger partial charge in [-0.25, -0.2) is 9.59 Å². The van der Waals surface area contributed by atoms with Crippen molar-refractivity contribution in [2.24, 2.45) is 23.5 Å². The zero-order valence-electron chi connectivity index (χ0n) is 17.2. The van der Waals surface area contributed by atoms with Crippen LogP contribution in [0.5, 0.6) is 0 Å². The predicted octanol–water partition coefficient (Wildman–Crippen LogP) is 3.17. The van der Waals surface area contributed by atoms with Gasteiger partial charge in [-0.2, -0.15) is 0 Å². The Bertz CT molecular complexity index is 776. The van der Waals surface area contributed by atoms with Crippen molar-refractivity contribution in [2.75, 3.05) is 7.11 Å². The summed E-state index contributed by atoms with van der Waals surface area (Å²) in [5.74, 6) is 1.49. The van der Waals surface area contributed by atoms with Gasteiger partial charge in [-0.1, -0.05) is 24.3 Å². The molecular formula is C22H30ClN3O4. The Morgan fingerprint density at radius 3 is 2.13 bits per heavy atom. The van der Waals surface area contributed by atoms with E-state index in [1.807, 2.05) is 0 Å². The Morgan fingerprint density at radius 1 is 1.13 bits per heavy atom. The van der Waals surface area contributed by atoms with Gasteiger partial charge in [-0.3, -0.25) is 5.41 Å². The maximum absolute atomic E-state index is 12.7. The number of halogens is 1. The molecule has 1 unspecified atom stereocenters. The summed E-state index contributed by atoms with van der Waals surface area (Å²) in [5.41, 5.74) is 6.56. The largest absolute Gasteiger partial charge is 0.467 e. The maximum Gasteiger partial charge on any atom is 0.408 e. The van der Waals surface area contributed by atoms with Crippen molar-refractivity contribution >= 4 is 30.3 Å². The molecule has 30 heavy (non-hydrogen) atoms. The van der Waals surface area contributed by atoms with Crippen LogP contribution in [-0.4, -0.2) is 36.7 Å². The van der Waals surface area contributed by atoms with Gasteiger partial charge < -0.3 is 20.5 Å². The average Bonchev–Trinajstić information content (AvgIpc) is 2.65. The molecule has 1 aromatic carbocycles. The second kappa shape index (κ2) is 8.84. The van der Waals surface area contributed by atoms with Crippen LogP contribution < -0.4 is 11.1 Å². The zero-order valence-corrected chi connectivity index (χ0v) is 18.0. The number of hydrogen-bond donors (Lipinski definition) is 3. The summed E-state index contributed by atoms with van der Waals surface area (Å²) >= 11 is 0. The molecule has 0 saturated heterocycles. The maximum atomic E-state index is 12.7. The van der Waals surface area contributed by atoms with E-state index in [2.05, 4.69) is 5.32 Å². The molecule has 0 aromatic heterocycles. The van der Waals surface area contributed by atoms with Gasteiger partial charge in [0, 0.05) is 12.0 Å². The minimum absolute atomic E-state index is 0. The molecule has 164 valence electrons. The molecule has 0 radical (unpaired) electrons. The lowest BCUT2D eigenvalue weighted by atomic mass is 9.54. The van der Waals surface area contributed by atoms with E-state index >= 15 is 0 Å². The SMILES string of the molecule is COC(=O)C(Cc1ccc(C(=N)N)cc1)NC(=O)OC12CC3CC(CC(C3)C1)C2.Cl. The van der Waals surface area contributed by atoms with E-state index in [1.54, 1.807) is 24.3 Å². The van der Waals surface area contributed by atoms with Crippen molar-refractivity contribution in [3.63, 3.8) is 0 Å². The van der Waals surface area contributed by atoms with Crippen molar-refractivity contribution in [3.05, 3.63) is 35.4 Å². The second-order valence-electron chi connectivity index (χ2n) is 9.02. The Labute approximate surface area is 183 Å². The first-order valence-corrected chi connectivity index (χ1v) is 10.4. The monoisotopic (exact) mass is 435 g/mol. The van der Waals surface area contributed by atoms with Gasteiger partial charge in [0.05, 0.1) is 7.11 Å². The van der Waals surface area contributed by atoms with Crippen molar-refractivity contribution < 1.29 is 19.1 Å². The van der Waals surface area contributed by atoms with E-state index in [9.17, 15) is 9.59 Å². The van der Waals surface area contributed by atoms with E-state index in [-0.39, 0.29) is 30.3 Å². The Hall–Kier alpha value is -2.28. The quantitative estimate of drug-likeness (QED) is 0.360. The van der Waals surface area contributed by atoms with Gasteiger partial charge in [0.2, 0.25) is 0 Å². The third-order valence-corrected chi connectivity index (χ3v) is 6.77. The number of benzene rings is 1. The Kier molecular flexibility index (Phi) is 6.60. The number of carbonyl (C=O) groups excluding carboxylic acids is 2. The number of nitrogens with two attached hydrogens (primary N) is 1. The van der Waals surface area contributed by atoms with Crippen LogP contribution in [0.15, 0.2) is 24.3 Å². The number of esters is 1. The average molecular weight is 436 g/mol. The van der Waals surface area contributed by atoms with Crippen LogP contribution in [0.4, 0.5) is 4.79 Å². The van der Waals surface area contributed by atoms with E-state index < -0.39 is 18.1 Å². The Morgan fingerprint density at radius 2 is 1.67 bits per heavy atom. The number of carbonyl (C=O) groups is 2. The molecule has 4 aliphatic carbocycles. The first-order valence-electron chi connectivity index (χ1n) is 10.4. The third-order valence-electron chi connectivity index (χ3n) is 6.77. The number of nitrogens with one attached hydrogen (secondary N) is 2. The number of methoxy groups -OCH3 is 1. The van der Waals surface area contributed by atoms with Crippen molar-refractivity contribution in [2.45, 2.75) is 56.6 Å². The molecule has 1 aromatic rings. The summed E-state index contributed by atoms with van der Waals surface area (Å²) in [4.78, 5) is 25.0. The molecule has 0 aliphatic heterocycles. The molecule has 4 aliphatic rings. The molecule has 4 N–H and O–H groups in total. The van der Waals surface area contributed by atoms with Gasteiger partial charge in [-0.15, -0.1) is 12.4 Å². The third kappa shape index (κ3) is 4.72. The molecule has 4 saturated carbocycles. The first-order chi connectivity index (χ1) is 13.9. The minimum Gasteiger partial charge on any atom is -0.467 e. The standard InChI is InChI=1S/C22H29N3O4.ClH/c1-28-20(26)18(9-13-2-4-17(5-3-13)19(23)24)25-21(27)29-22-10-14-6-15(11-22)8-16(7-14)12-22;/h2-5,14-16,18H,6-12H2,1H3,(H3,23,24)(H,25,27);1H. The molecule has 1 atom stereocenters. The van der Waals surface area contributed by atoms with Crippen LogP contribution in [0.2, 0.25) is 0 Å². The number of alkyl carbamates (subject to hydrolysis) is 1. The molecule has 8 heteroatoms. The molecule has 0 spiro atoms. The Balaban J connectivity index is 0.00000256. The highest BCUT2D eigenvalue weighted by atomic mass is 35.5. The summed E-state index contributed by atoms with van der Waals surface area (Å²) in [7, 11) is 1.31. The lowest BCUT2D eigenvalue weighted by Crippen LogP contribution is -2.55. The number of nitrogen functional groups attached to an aromatic ring is 1. The van der Waals surface area contributed by atoms with E-state index in [0.29, 0.717) is 23.3 Å². The lowest BCUT2D eigenvalue weighted by molar-refractivity contribution is -0.144. The van der Waals surface area contributed by atoms with Gasteiger partial charge in [0.25, 0.3) is 0 Å². The number of hydrogen-bond acceptors (Lipinski definition) is 5. The predicted molar refractivity (Wildman–Crippen MR) is 115 cm³/mol. The fourth-order valence-electron chi connectivity index (χ4n) is 5.92. The van der Waals surface area contributed by atoms with E-state index in [4.69, 9.17) is 20.6 Å². The smallest absolute Gasteiger partial charge is 0.408 e. The van der Waals surface area contributed by atoms with Crippen molar-refractivity contribution in [3.8, 4) is 0 Å². The molecule has 7 nitrogen and oxygen atoms in total. The minimum atomic E-state index is -0.829. The molecule has 4 bridgehead atoms. The number of amidine groups is 1. The summed E-state index contributed by atoms with van der Waals surface area (Å²) < 4.78 is 10.8. The summed E-state index contributed by atoms with van der Waals surface area (Å²) in [6.07, 6.45) is 6.39.